The predicted molar refractivity (Wildman–Crippen MR) is 45.1 cm³/mol. The lowest BCUT2D eigenvalue weighted by Crippen LogP contribution is -2.55. The third-order valence-electron chi connectivity index (χ3n) is 3.07. The molecule has 1 rings (SSSR count). The first-order valence-corrected chi connectivity index (χ1v) is 4.48. The van der Waals surface area contributed by atoms with Crippen molar-refractivity contribution >= 4 is 0 Å². The van der Waals surface area contributed by atoms with Gasteiger partial charge in [0.25, 0.3) is 0 Å². The largest absolute Gasteiger partial charge is 0.302 e. The summed E-state index contributed by atoms with van der Waals surface area (Å²) in [5.41, 5.74) is 0.704. The first-order valence-electron chi connectivity index (χ1n) is 4.48. The maximum absolute atomic E-state index is 2.52. The first-order chi connectivity index (χ1) is 4.76. The summed E-state index contributed by atoms with van der Waals surface area (Å²) in [4.78, 5) is 2.52. The zero-order valence-electron chi connectivity index (χ0n) is 7.48. The van der Waals surface area contributed by atoms with E-state index in [0.717, 1.165) is 0 Å². The first kappa shape index (κ1) is 8.06. The second-order valence-electron chi connectivity index (χ2n) is 3.51. The Labute approximate surface area is 64.4 Å². The maximum atomic E-state index is 2.52. The van der Waals surface area contributed by atoms with E-state index in [1.807, 2.05) is 0 Å². The van der Waals surface area contributed by atoms with Crippen LogP contribution in [0.3, 0.4) is 0 Å². The van der Waals surface area contributed by atoms with Gasteiger partial charge in [-0.3, -0.25) is 0 Å². The maximum Gasteiger partial charge on any atom is 0.00502 e. The van der Waals surface area contributed by atoms with Crippen molar-refractivity contribution < 1.29 is 0 Å². The van der Waals surface area contributed by atoms with Gasteiger partial charge >= 0.3 is 0 Å². The van der Waals surface area contributed by atoms with E-state index in [1.165, 1.54) is 32.5 Å². The number of hydrogen-bond donors (Lipinski definition) is 0. The van der Waals surface area contributed by atoms with E-state index in [2.05, 4.69) is 25.7 Å². The molecule has 1 nitrogen and oxygen atoms in total. The SMILES string of the molecule is CCN1CC(CC)(CC)C1. The molecule has 10 heavy (non-hydrogen) atoms. The Morgan fingerprint density at radius 1 is 1.10 bits per heavy atom. The Bertz CT molecular complexity index is 97.3. The fraction of sp³-hybridized carbons (Fsp3) is 1.00. The summed E-state index contributed by atoms with van der Waals surface area (Å²) < 4.78 is 0. The molecule has 0 aliphatic carbocycles. The van der Waals surface area contributed by atoms with Crippen molar-refractivity contribution in [3.63, 3.8) is 0 Å². The van der Waals surface area contributed by atoms with Crippen LogP contribution in [0.4, 0.5) is 0 Å². The molecule has 0 atom stereocenters. The van der Waals surface area contributed by atoms with Crippen LogP contribution in [0.25, 0.3) is 0 Å². The summed E-state index contributed by atoms with van der Waals surface area (Å²) in [7, 11) is 0. The van der Waals surface area contributed by atoms with Gasteiger partial charge in [0, 0.05) is 13.1 Å². The molecule has 1 saturated heterocycles. The molecule has 60 valence electrons. The zero-order chi connectivity index (χ0) is 7.61. The van der Waals surface area contributed by atoms with Gasteiger partial charge in [0.1, 0.15) is 0 Å². The van der Waals surface area contributed by atoms with E-state index in [-0.39, 0.29) is 0 Å². The van der Waals surface area contributed by atoms with Gasteiger partial charge < -0.3 is 4.90 Å². The number of hydrogen-bond acceptors (Lipinski definition) is 1. The molecule has 0 aromatic carbocycles. The van der Waals surface area contributed by atoms with E-state index in [9.17, 15) is 0 Å². The predicted octanol–water partition coefficient (Wildman–Crippen LogP) is 2.13. The zero-order valence-corrected chi connectivity index (χ0v) is 7.48. The smallest absolute Gasteiger partial charge is 0.00502 e. The minimum absolute atomic E-state index is 0.704. The van der Waals surface area contributed by atoms with Gasteiger partial charge in [-0.15, -0.1) is 0 Å². The minimum Gasteiger partial charge on any atom is -0.302 e. The Morgan fingerprint density at radius 2 is 1.60 bits per heavy atom. The highest BCUT2D eigenvalue weighted by Crippen LogP contribution is 2.36. The Morgan fingerprint density at radius 3 is 1.90 bits per heavy atom. The van der Waals surface area contributed by atoms with E-state index in [4.69, 9.17) is 0 Å². The summed E-state index contributed by atoms with van der Waals surface area (Å²) in [5, 5.41) is 0. The number of rotatable bonds is 3. The normalized spacial score (nSPS) is 24.3. The van der Waals surface area contributed by atoms with Crippen molar-refractivity contribution in [2.75, 3.05) is 19.6 Å². The summed E-state index contributed by atoms with van der Waals surface area (Å²) in [5.74, 6) is 0. The van der Waals surface area contributed by atoms with Crippen LogP contribution < -0.4 is 0 Å². The van der Waals surface area contributed by atoms with Gasteiger partial charge in [-0.2, -0.15) is 0 Å². The number of nitrogens with zero attached hydrogens (tertiary/aromatic N) is 1. The molecule has 1 heterocycles. The summed E-state index contributed by atoms with van der Waals surface area (Å²) in [6.45, 7) is 10.8. The Kier molecular flexibility index (Phi) is 2.35. The van der Waals surface area contributed by atoms with Crippen LogP contribution in [-0.2, 0) is 0 Å². The highest BCUT2D eigenvalue weighted by atomic mass is 15.2. The van der Waals surface area contributed by atoms with Crippen molar-refractivity contribution in [2.45, 2.75) is 33.6 Å². The monoisotopic (exact) mass is 141 g/mol. The molecule has 0 unspecified atom stereocenters. The molecule has 0 radical (unpaired) electrons. The summed E-state index contributed by atoms with van der Waals surface area (Å²) in [6.07, 6.45) is 2.72. The Balaban J connectivity index is 2.31. The molecule has 1 aliphatic rings. The molecule has 0 spiro atoms. The quantitative estimate of drug-likeness (QED) is 0.582. The highest BCUT2D eigenvalue weighted by Gasteiger charge is 2.38. The van der Waals surface area contributed by atoms with Crippen molar-refractivity contribution in [3.05, 3.63) is 0 Å². The molecular weight excluding hydrogens is 122 g/mol. The highest BCUT2D eigenvalue weighted by molar-refractivity contribution is 4.92. The van der Waals surface area contributed by atoms with Crippen LogP contribution in [-0.4, -0.2) is 24.5 Å². The van der Waals surface area contributed by atoms with Crippen molar-refractivity contribution in [1.29, 1.82) is 0 Å². The van der Waals surface area contributed by atoms with E-state index >= 15 is 0 Å². The summed E-state index contributed by atoms with van der Waals surface area (Å²) in [6, 6.07) is 0. The van der Waals surface area contributed by atoms with Gasteiger partial charge in [0.05, 0.1) is 0 Å². The molecule has 1 aliphatic heterocycles. The second-order valence-corrected chi connectivity index (χ2v) is 3.51. The van der Waals surface area contributed by atoms with Crippen LogP contribution in [0.1, 0.15) is 33.6 Å². The lowest BCUT2D eigenvalue weighted by molar-refractivity contribution is -0.00157. The van der Waals surface area contributed by atoms with Gasteiger partial charge in [-0.05, 0) is 24.8 Å². The van der Waals surface area contributed by atoms with Gasteiger partial charge in [-0.1, -0.05) is 20.8 Å². The molecule has 1 heteroatoms. The molecule has 0 bridgehead atoms. The van der Waals surface area contributed by atoms with E-state index < -0.39 is 0 Å². The molecule has 0 saturated carbocycles. The molecule has 0 amide bonds. The van der Waals surface area contributed by atoms with Gasteiger partial charge in [0.2, 0.25) is 0 Å². The molecule has 0 aromatic heterocycles. The van der Waals surface area contributed by atoms with Crippen LogP contribution in [0.15, 0.2) is 0 Å². The fourth-order valence-corrected chi connectivity index (χ4v) is 1.82. The van der Waals surface area contributed by atoms with Crippen LogP contribution >= 0.6 is 0 Å². The fourth-order valence-electron chi connectivity index (χ4n) is 1.82. The molecule has 0 N–H and O–H groups in total. The topological polar surface area (TPSA) is 3.24 Å². The third-order valence-corrected chi connectivity index (χ3v) is 3.07. The molecule has 0 aromatic rings. The van der Waals surface area contributed by atoms with Crippen molar-refractivity contribution in [1.82, 2.24) is 4.90 Å². The lowest BCUT2D eigenvalue weighted by Gasteiger charge is -2.49. The van der Waals surface area contributed by atoms with Crippen molar-refractivity contribution in [3.8, 4) is 0 Å². The second kappa shape index (κ2) is 2.91. The number of likely N-dealkylation sites (tertiary alicyclic amines) is 1. The average Bonchev–Trinajstić information content (AvgIpc) is 1.89. The molecular formula is C9H19N. The lowest BCUT2D eigenvalue weighted by atomic mass is 9.75. The Hall–Kier alpha value is -0.0400. The standard InChI is InChI=1S/C9H19N/c1-4-9(5-2)7-10(6-3)8-9/h4-8H2,1-3H3. The minimum atomic E-state index is 0.704. The summed E-state index contributed by atoms with van der Waals surface area (Å²) >= 11 is 0. The van der Waals surface area contributed by atoms with Crippen LogP contribution in [0.5, 0.6) is 0 Å². The van der Waals surface area contributed by atoms with E-state index in [0.29, 0.717) is 5.41 Å². The average molecular weight is 141 g/mol. The van der Waals surface area contributed by atoms with Gasteiger partial charge in [-0.25, -0.2) is 0 Å². The molecule has 1 fully saturated rings. The van der Waals surface area contributed by atoms with Gasteiger partial charge in [0.15, 0.2) is 0 Å². The van der Waals surface area contributed by atoms with Crippen molar-refractivity contribution in [2.24, 2.45) is 5.41 Å². The third kappa shape index (κ3) is 1.20. The van der Waals surface area contributed by atoms with E-state index in [1.54, 1.807) is 0 Å². The van der Waals surface area contributed by atoms with Crippen LogP contribution in [0, 0.1) is 5.41 Å². The van der Waals surface area contributed by atoms with Crippen LogP contribution in [0.2, 0.25) is 0 Å².